The molecule has 7 N–H and O–H groups in total. The summed E-state index contributed by atoms with van der Waals surface area (Å²) >= 11 is 0. The lowest BCUT2D eigenvalue weighted by Crippen LogP contribution is -2.47. The van der Waals surface area contributed by atoms with E-state index in [1.807, 2.05) is 5.32 Å². The van der Waals surface area contributed by atoms with Crippen LogP contribution in [-0.2, 0) is 11.3 Å². The van der Waals surface area contributed by atoms with Gasteiger partial charge in [-0.3, -0.25) is 0 Å². The molecule has 11 heteroatoms. The predicted molar refractivity (Wildman–Crippen MR) is 62.2 cm³/mol. The number of aromatic nitrogens is 2. The van der Waals surface area contributed by atoms with E-state index in [2.05, 4.69) is 15.5 Å². The first-order chi connectivity index (χ1) is 9.47. The number of urea groups is 1. The van der Waals surface area contributed by atoms with Gasteiger partial charge in [0.25, 0.3) is 0 Å². The van der Waals surface area contributed by atoms with Gasteiger partial charge in [-0.05, 0) is 0 Å². The molecule has 2 amide bonds. The van der Waals surface area contributed by atoms with Crippen LogP contribution < -0.4 is 16.4 Å². The molecule has 0 aromatic carbocycles. The second-order valence-electron chi connectivity index (χ2n) is 3.72. The second kappa shape index (κ2) is 7.37. The highest BCUT2D eigenvalue weighted by molar-refractivity contribution is 5.82. The highest BCUT2D eigenvalue weighted by Crippen LogP contribution is 2.07. The van der Waals surface area contributed by atoms with Crippen LogP contribution in [0.1, 0.15) is 17.8 Å². The standard InChI is InChI=1S/C9H15N5O6/c10-4(2-15)7-14-13-6(20-7)1-11-9(19)12-5(3-16)8(17)18/h4-5,15-16H,1-3,10H2,(H,17,18)(H2,11,12,19)/t4?,5-/m0/s1. The Hall–Kier alpha value is -2.24. The summed E-state index contributed by atoms with van der Waals surface area (Å²) < 4.78 is 5.05. The third kappa shape index (κ3) is 4.46. The largest absolute Gasteiger partial charge is 0.480 e. The minimum Gasteiger partial charge on any atom is -0.480 e. The third-order valence-corrected chi connectivity index (χ3v) is 2.18. The minimum absolute atomic E-state index is 0.0171. The van der Waals surface area contributed by atoms with E-state index in [9.17, 15) is 9.59 Å². The smallest absolute Gasteiger partial charge is 0.328 e. The molecule has 1 unspecified atom stereocenters. The number of aliphatic carboxylic acids is 1. The first-order valence-electron chi connectivity index (χ1n) is 5.54. The summed E-state index contributed by atoms with van der Waals surface area (Å²) in [6, 6.07) is -3.04. The normalized spacial score (nSPS) is 13.6. The van der Waals surface area contributed by atoms with E-state index in [4.69, 9.17) is 25.5 Å². The monoisotopic (exact) mass is 289 g/mol. The van der Waals surface area contributed by atoms with Crippen molar-refractivity contribution in [2.75, 3.05) is 13.2 Å². The molecule has 112 valence electrons. The first kappa shape index (κ1) is 15.8. The lowest BCUT2D eigenvalue weighted by atomic mass is 10.3. The van der Waals surface area contributed by atoms with Crippen LogP contribution in [-0.4, -0.2) is 56.8 Å². The van der Waals surface area contributed by atoms with Crippen LogP contribution in [0, 0.1) is 0 Å². The van der Waals surface area contributed by atoms with Crippen LogP contribution in [0.5, 0.6) is 0 Å². The van der Waals surface area contributed by atoms with E-state index in [1.165, 1.54) is 0 Å². The van der Waals surface area contributed by atoms with E-state index in [-0.39, 0.29) is 24.9 Å². The van der Waals surface area contributed by atoms with E-state index >= 15 is 0 Å². The van der Waals surface area contributed by atoms with E-state index < -0.39 is 30.7 Å². The van der Waals surface area contributed by atoms with Gasteiger partial charge in [0.15, 0.2) is 6.04 Å². The van der Waals surface area contributed by atoms with Crippen LogP contribution in [0.4, 0.5) is 4.79 Å². The Morgan fingerprint density at radius 2 is 2.00 bits per heavy atom. The molecule has 0 saturated heterocycles. The van der Waals surface area contributed by atoms with Crippen molar-refractivity contribution >= 4 is 12.0 Å². The SMILES string of the molecule is NC(CO)c1nnc(CNC(=O)N[C@@H](CO)C(=O)O)o1. The van der Waals surface area contributed by atoms with Gasteiger partial charge < -0.3 is 36.1 Å². The number of hydrogen-bond acceptors (Lipinski definition) is 8. The number of aliphatic hydroxyl groups excluding tert-OH is 2. The van der Waals surface area contributed by atoms with Gasteiger partial charge in [-0.2, -0.15) is 0 Å². The number of carboxylic acids is 1. The predicted octanol–water partition coefficient (Wildman–Crippen LogP) is -2.69. The molecule has 0 fully saturated rings. The summed E-state index contributed by atoms with van der Waals surface area (Å²) in [6.45, 7) is -1.26. The van der Waals surface area contributed by atoms with Crippen molar-refractivity contribution in [3.8, 4) is 0 Å². The van der Waals surface area contributed by atoms with E-state index in [1.54, 1.807) is 0 Å². The van der Waals surface area contributed by atoms with Crippen molar-refractivity contribution in [1.29, 1.82) is 0 Å². The molecular weight excluding hydrogens is 274 g/mol. The molecule has 11 nitrogen and oxygen atoms in total. The van der Waals surface area contributed by atoms with Crippen LogP contribution in [0.15, 0.2) is 4.42 Å². The molecule has 1 aromatic rings. The Bertz CT molecular complexity index is 463. The number of aliphatic hydroxyl groups is 2. The average Bonchev–Trinajstić information content (AvgIpc) is 2.90. The number of nitrogens with one attached hydrogen (secondary N) is 2. The molecular formula is C9H15N5O6. The van der Waals surface area contributed by atoms with Crippen LogP contribution in [0.25, 0.3) is 0 Å². The molecule has 1 aromatic heterocycles. The van der Waals surface area contributed by atoms with Gasteiger partial charge in [-0.25, -0.2) is 9.59 Å². The number of carbonyl (C=O) groups is 2. The number of nitrogens with two attached hydrogens (primary N) is 1. The summed E-state index contributed by atoms with van der Waals surface area (Å²) in [5.41, 5.74) is 5.44. The number of carbonyl (C=O) groups excluding carboxylic acids is 1. The Kier molecular flexibility index (Phi) is 5.83. The van der Waals surface area contributed by atoms with Gasteiger partial charge >= 0.3 is 12.0 Å². The molecule has 0 aliphatic rings. The topological polar surface area (TPSA) is 184 Å². The molecule has 0 bridgehead atoms. The first-order valence-corrected chi connectivity index (χ1v) is 5.54. The van der Waals surface area contributed by atoms with Crippen molar-refractivity contribution in [1.82, 2.24) is 20.8 Å². The number of rotatable bonds is 7. The molecule has 1 heterocycles. The van der Waals surface area contributed by atoms with Crippen molar-refractivity contribution < 1.29 is 29.3 Å². The third-order valence-electron chi connectivity index (χ3n) is 2.18. The van der Waals surface area contributed by atoms with Crippen molar-refractivity contribution in [3.63, 3.8) is 0 Å². The fourth-order valence-corrected chi connectivity index (χ4v) is 1.12. The Labute approximate surface area is 112 Å². The van der Waals surface area contributed by atoms with E-state index in [0.717, 1.165) is 0 Å². The quantitative estimate of drug-likeness (QED) is 0.311. The van der Waals surface area contributed by atoms with Crippen LogP contribution in [0.2, 0.25) is 0 Å². The molecule has 0 spiro atoms. The van der Waals surface area contributed by atoms with Crippen molar-refractivity contribution in [3.05, 3.63) is 11.8 Å². The zero-order valence-corrected chi connectivity index (χ0v) is 10.3. The summed E-state index contributed by atoms with van der Waals surface area (Å²) in [4.78, 5) is 21.9. The maximum atomic E-state index is 11.3. The van der Waals surface area contributed by atoms with Crippen molar-refractivity contribution in [2.24, 2.45) is 5.73 Å². The molecule has 0 radical (unpaired) electrons. The number of hydrogen-bond donors (Lipinski definition) is 6. The Morgan fingerprint density at radius 3 is 2.55 bits per heavy atom. The second-order valence-corrected chi connectivity index (χ2v) is 3.72. The highest BCUT2D eigenvalue weighted by atomic mass is 16.4. The number of carboxylic acid groups (broad SMARTS) is 1. The molecule has 0 saturated carbocycles. The van der Waals surface area contributed by atoms with Gasteiger partial charge in [0.2, 0.25) is 11.8 Å². The molecule has 0 aliphatic heterocycles. The summed E-state index contributed by atoms with van der Waals surface area (Å²) in [7, 11) is 0. The lowest BCUT2D eigenvalue weighted by molar-refractivity contribution is -0.140. The molecule has 1 rings (SSSR count). The number of nitrogens with zero attached hydrogens (tertiary/aromatic N) is 2. The maximum absolute atomic E-state index is 11.3. The minimum atomic E-state index is -1.41. The summed E-state index contributed by atoms with van der Waals surface area (Å²) in [5.74, 6) is -1.31. The van der Waals surface area contributed by atoms with Crippen LogP contribution in [0.3, 0.4) is 0 Å². The van der Waals surface area contributed by atoms with Gasteiger partial charge in [0, 0.05) is 0 Å². The van der Waals surface area contributed by atoms with Crippen LogP contribution >= 0.6 is 0 Å². The summed E-state index contributed by atoms with van der Waals surface area (Å²) in [5, 5.41) is 37.5. The fourth-order valence-electron chi connectivity index (χ4n) is 1.12. The molecule has 0 aliphatic carbocycles. The Balaban J connectivity index is 2.45. The maximum Gasteiger partial charge on any atom is 0.328 e. The number of amides is 2. The van der Waals surface area contributed by atoms with Crippen molar-refractivity contribution in [2.45, 2.75) is 18.6 Å². The van der Waals surface area contributed by atoms with Gasteiger partial charge in [0.05, 0.1) is 19.8 Å². The van der Waals surface area contributed by atoms with Gasteiger partial charge in [0.1, 0.15) is 6.04 Å². The average molecular weight is 289 g/mol. The molecule has 2 atom stereocenters. The fraction of sp³-hybridized carbons (Fsp3) is 0.556. The summed E-state index contributed by atoms with van der Waals surface area (Å²) in [6.07, 6.45) is 0. The lowest BCUT2D eigenvalue weighted by Gasteiger charge is -2.11. The van der Waals surface area contributed by atoms with E-state index in [0.29, 0.717) is 0 Å². The Morgan fingerprint density at radius 1 is 1.30 bits per heavy atom. The highest BCUT2D eigenvalue weighted by Gasteiger charge is 2.19. The van der Waals surface area contributed by atoms with Gasteiger partial charge in [-0.15, -0.1) is 10.2 Å². The zero-order chi connectivity index (χ0) is 15.1. The zero-order valence-electron chi connectivity index (χ0n) is 10.3. The molecule has 20 heavy (non-hydrogen) atoms. The van der Waals surface area contributed by atoms with Gasteiger partial charge in [-0.1, -0.05) is 0 Å².